The van der Waals surface area contributed by atoms with Crippen LogP contribution in [0.5, 0.6) is 0 Å². The predicted octanol–water partition coefficient (Wildman–Crippen LogP) is 2.13. The number of carboxylic acids is 1. The molecule has 3 aliphatic heterocycles. The van der Waals surface area contributed by atoms with E-state index in [4.69, 9.17) is 4.99 Å². The van der Waals surface area contributed by atoms with Crippen LogP contribution in [0.3, 0.4) is 0 Å². The molecule has 3 fully saturated rings. The normalized spacial score (nSPS) is 39.9. The average molecular weight is 338 g/mol. The monoisotopic (exact) mass is 338 g/mol. The second-order valence-electron chi connectivity index (χ2n) is 7.74. The summed E-state index contributed by atoms with van der Waals surface area (Å²) in [5.41, 5.74) is 2.07. The summed E-state index contributed by atoms with van der Waals surface area (Å²) >= 11 is 0. The summed E-state index contributed by atoms with van der Waals surface area (Å²) in [5.74, 6) is -1.04. The van der Waals surface area contributed by atoms with E-state index in [9.17, 15) is 15.0 Å². The molecule has 3 heterocycles. The molecule has 2 N–H and O–H groups in total. The van der Waals surface area contributed by atoms with Gasteiger partial charge in [0.2, 0.25) is 0 Å². The van der Waals surface area contributed by atoms with Crippen molar-refractivity contribution in [3.63, 3.8) is 0 Å². The van der Waals surface area contributed by atoms with E-state index >= 15 is 0 Å². The van der Waals surface area contributed by atoms with Crippen LogP contribution in [0.15, 0.2) is 40.9 Å². The highest BCUT2D eigenvalue weighted by Gasteiger charge is 2.73. The number of carboxylic acid groups (broad SMARTS) is 1. The summed E-state index contributed by atoms with van der Waals surface area (Å²) in [4.78, 5) is 20.1. The third-order valence-corrected chi connectivity index (χ3v) is 7.22. The molecule has 5 nitrogen and oxygen atoms in total. The maximum Gasteiger partial charge on any atom is 0.313 e. The van der Waals surface area contributed by atoms with Gasteiger partial charge in [-0.1, -0.05) is 29.8 Å². The number of piperidine rings is 2. The maximum absolute atomic E-state index is 12.7. The maximum atomic E-state index is 12.7. The van der Waals surface area contributed by atoms with Crippen molar-refractivity contribution in [1.82, 2.24) is 4.90 Å². The largest absolute Gasteiger partial charge is 0.481 e. The first-order valence-electron chi connectivity index (χ1n) is 9.02. The lowest BCUT2D eigenvalue weighted by molar-refractivity contribution is -0.166. The van der Waals surface area contributed by atoms with Gasteiger partial charge in [0.1, 0.15) is 5.41 Å². The highest BCUT2D eigenvalue weighted by Crippen LogP contribution is 2.65. The van der Waals surface area contributed by atoms with Gasteiger partial charge in [0.15, 0.2) is 0 Å². The van der Waals surface area contributed by atoms with Crippen molar-refractivity contribution in [2.75, 3.05) is 19.7 Å². The van der Waals surface area contributed by atoms with Gasteiger partial charge in [0, 0.05) is 24.7 Å². The molecule has 0 spiro atoms. The number of benzene rings is 1. The van der Waals surface area contributed by atoms with Gasteiger partial charge in [0.25, 0.3) is 0 Å². The quantitative estimate of drug-likeness (QED) is 0.810. The minimum atomic E-state index is -1.23. The molecule has 4 aliphatic rings. The second-order valence-corrected chi connectivity index (χ2v) is 7.74. The zero-order valence-electron chi connectivity index (χ0n) is 14.3. The van der Waals surface area contributed by atoms with Gasteiger partial charge >= 0.3 is 5.97 Å². The Kier molecular flexibility index (Phi) is 2.94. The Balaban J connectivity index is 1.88. The number of fused-ring (bicyclic) bond motifs is 2. The third-order valence-electron chi connectivity index (χ3n) is 7.22. The Morgan fingerprint density at radius 2 is 2.24 bits per heavy atom. The Morgan fingerprint density at radius 3 is 2.96 bits per heavy atom. The smallest absolute Gasteiger partial charge is 0.313 e. The molecule has 1 aromatic carbocycles. The van der Waals surface area contributed by atoms with Gasteiger partial charge in [-0.15, -0.1) is 0 Å². The van der Waals surface area contributed by atoms with E-state index in [1.165, 1.54) is 0 Å². The van der Waals surface area contributed by atoms with Crippen molar-refractivity contribution < 1.29 is 15.0 Å². The van der Waals surface area contributed by atoms with E-state index in [1.54, 1.807) is 0 Å². The van der Waals surface area contributed by atoms with Gasteiger partial charge in [0.05, 0.1) is 23.8 Å². The lowest BCUT2D eigenvalue weighted by atomic mass is 9.43. The molecule has 5 rings (SSSR count). The first-order chi connectivity index (χ1) is 12.1. The van der Waals surface area contributed by atoms with Crippen LogP contribution in [0.2, 0.25) is 0 Å². The van der Waals surface area contributed by atoms with Crippen molar-refractivity contribution in [3.8, 4) is 0 Å². The van der Waals surface area contributed by atoms with Crippen molar-refractivity contribution in [2.24, 2.45) is 16.3 Å². The zero-order valence-corrected chi connectivity index (χ0v) is 14.3. The Morgan fingerprint density at radius 1 is 1.44 bits per heavy atom. The van der Waals surface area contributed by atoms with Crippen LogP contribution in [0.4, 0.5) is 5.69 Å². The SMILES string of the molecule is C/C=C1/CN2CC[C@]34C(=Nc5ccccc53)[C@@H]2C[C@@H]1[C@@]4(CO)C(=O)O. The molecule has 4 atom stereocenters. The van der Waals surface area contributed by atoms with Gasteiger partial charge < -0.3 is 10.2 Å². The van der Waals surface area contributed by atoms with Crippen molar-refractivity contribution in [3.05, 3.63) is 41.5 Å². The first-order valence-corrected chi connectivity index (χ1v) is 9.02. The Bertz CT molecular complexity index is 845. The van der Waals surface area contributed by atoms with E-state index in [2.05, 4.69) is 11.0 Å². The molecular formula is C20H22N2O3. The molecule has 2 saturated heterocycles. The molecule has 1 saturated carbocycles. The van der Waals surface area contributed by atoms with Crippen LogP contribution in [0.25, 0.3) is 0 Å². The fraction of sp³-hybridized carbons (Fsp3) is 0.500. The van der Waals surface area contributed by atoms with Crippen LogP contribution in [0.1, 0.15) is 25.3 Å². The molecule has 5 heteroatoms. The minimum Gasteiger partial charge on any atom is -0.481 e. The Hall–Kier alpha value is -1.98. The fourth-order valence-electron chi connectivity index (χ4n) is 6.17. The summed E-state index contributed by atoms with van der Waals surface area (Å²) in [6, 6.07) is 8.10. The number of aliphatic hydroxyl groups is 1. The molecule has 0 amide bonds. The second kappa shape index (κ2) is 4.80. The number of aliphatic carboxylic acids is 1. The molecule has 0 aromatic heterocycles. The zero-order chi connectivity index (χ0) is 17.4. The van der Waals surface area contributed by atoms with Gasteiger partial charge in [-0.05, 0) is 31.4 Å². The molecular weight excluding hydrogens is 316 g/mol. The van der Waals surface area contributed by atoms with E-state index in [-0.39, 0.29) is 18.6 Å². The fourth-order valence-corrected chi connectivity index (χ4v) is 6.17. The highest BCUT2D eigenvalue weighted by atomic mass is 16.4. The lowest BCUT2D eigenvalue weighted by Gasteiger charge is -2.64. The van der Waals surface area contributed by atoms with Crippen molar-refractivity contribution in [1.29, 1.82) is 0 Å². The van der Waals surface area contributed by atoms with Crippen LogP contribution >= 0.6 is 0 Å². The molecule has 1 aromatic rings. The van der Waals surface area contributed by atoms with E-state index in [1.807, 2.05) is 31.2 Å². The van der Waals surface area contributed by atoms with E-state index in [0.29, 0.717) is 6.42 Å². The van der Waals surface area contributed by atoms with Crippen LogP contribution in [0, 0.1) is 11.3 Å². The topological polar surface area (TPSA) is 73.1 Å². The molecule has 0 radical (unpaired) electrons. The highest BCUT2D eigenvalue weighted by molar-refractivity contribution is 6.11. The Labute approximate surface area is 146 Å². The summed E-state index contributed by atoms with van der Waals surface area (Å²) in [6.07, 6.45) is 3.50. The molecule has 25 heavy (non-hydrogen) atoms. The standard InChI is InChI=1S/C20H22N2O3/c1-2-12-10-22-8-7-19-13-5-3-4-6-15(13)21-17(19)16(22)9-14(12)20(19,11-23)18(24)25/h2-6,14,16,23H,7-11H2,1H3,(H,24,25)/b12-2-/t14-,16-,19+,20-/m0/s1. The van der Waals surface area contributed by atoms with E-state index in [0.717, 1.165) is 42.0 Å². The first kappa shape index (κ1) is 15.3. The number of allylic oxidation sites excluding steroid dienone is 1. The molecule has 1 aliphatic carbocycles. The van der Waals surface area contributed by atoms with Crippen LogP contribution < -0.4 is 0 Å². The molecule has 130 valence electrons. The minimum absolute atomic E-state index is 0.147. The van der Waals surface area contributed by atoms with Crippen LogP contribution in [-0.4, -0.2) is 52.5 Å². The predicted molar refractivity (Wildman–Crippen MR) is 94.2 cm³/mol. The lowest BCUT2D eigenvalue weighted by Crippen LogP contribution is -2.74. The number of hydrogen-bond donors (Lipinski definition) is 2. The summed E-state index contributed by atoms with van der Waals surface area (Å²) in [7, 11) is 0. The number of nitrogens with zero attached hydrogens (tertiary/aromatic N) is 2. The average Bonchev–Trinajstić information content (AvgIpc) is 2.98. The number of hydrogen-bond acceptors (Lipinski definition) is 4. The number of para-hydroxylation sites is 1. The van der Waals surface area contributed by atoms with Gasteiger partial charge in [-0.2, -0.15) is 0 Å². The molecule has 0 unspecified atom stereocenters. The third kappa shape index (κ3) is 1.49. The summed E-state index contributed by atoms with van der Waals surface area (Å²) < 4.78 is 0. The van der Waals surface area contributed by atoms with Gasteiger partial charge in [-0.3, -0.25) is 14.7 Å². The number of carbonyl (C=O) groups is 1. The van der Waals surface area contributed by atoms with Gasteiger partial charge in [-0.25, -0.2) is 0 Å². The molecule has 3 bridgehead atoms. The van der Waals surface area contributed by atoms with Crippen LogP contribution in [-0.2, 0) is 10.2 Å². The number of rotatable bonds is 2. The van der Waals surface area contributed by atoms with E-state index < -0.39 is 16.8 Å². The summed E-state index contributed by atoms with van der Waals surface area (Å²) in [5, 5.41) is 21.0. The van der Waals surface area contributed by atoms with Crippen molar-refractivity contribution >= 4 is 17.4 Å². The van der Waals surface area contributed by atoms with Crippen molar-refractivity contribution in [2.45, 2.75) is 31.2 Å². The number of aliphatic hydroxyl groups excluding tert-OH is 1. The number of aliphatic imine (C=N–C) groups is 1. The summed E-state index contributed by atoms with van der Waals surface area (Å²) in [6.45, 7) is 3.26.